The van der Waals surface area contributed by atoms with Crippen molar-refractivity contribution in [3.63, 3.8) is 0 Å². The molecule has 0 saturated heterocycles. The lowest BCUT2D eigenvalue weighted by molar-refractivity contribution is 0.518. The predicted octanol–water partition coefficient (Wildman–Crippen LogP) is 3.60. The molecule has 0 atom stereocenters. The van der Waals surface area contributed by atoms with Crippen LogP contribution in [0.15, 0.2) is 6.07 Å². The van der Waals surface area contributed by atoms with Crippen LogP contribution < -0.4 is 10.6 Å². The van der Waals surface area contributed by atoms with Crippen LogP contribution in [0.3, 0.4) is 0 Å². The number of aromatic nitrogens is 2. The molecule has 1 aromatic heterocycles. The second-order valence-corrected chi connectivity index (χ2v) is 5.48. The first-order valence-electron chi connectivity index (χ1n) is 7.61. The molecule has 0 bridgehead atoms. The maximum Gasteiger partial charge on any atom is 0.131 e. The third-order valence-electron chi connectivity index (χ3n) is 3.73. The van der Waals surface area contributed by atoms with Crippen LogP contribution in [-0.2, 0) is 0 Å². The molecule has 4 heteroatoms. The highest BCUT2D eigenvalue weighted by molar-refractivity contribution is 5.47. The van der Waals surface area contributed by atoms with Gasteiger partial charge in [-0.1, -0.05) is 32.6 Å². The normalized spacial score (nSPS) is 15.7. The Bertz CT molecular complexity index is 386. The van der Waals surface area contributed by atoms with E-state index in [4.69, 9.17) is 0 Å². The first kappa shape index (κ1) is 14.1. The lowest BCUT2D eigenvalue weighted by atomic mass is 10.0. The molecule has 2 N–H and O–H groups in total. The Labute approximate surface area is 116 Å². The van der Waals surface area contributed by atoms with Gasteiger partial charge in [0.1, 0.15) is 17.5 Å². The highest BCUT2D eigenvalue weighted by Gasteiger charge is 2.14. The summed E-state index contributed by atoms with van der Waals surface area (Å²) in [4.78, 5) is 8.84. The number of anilines is 2. The topological polar surface area (TPSA) is 49.8 Å². The first-order chi connectivity index (χ1) is 9.28. The number of hydrogen-bond donors (Lipinski definition) is 2. The highest BCUT2D eigenvalue weighted by atomic mass is 15.1. The van der Waals surface area contributed by atoms with Crippen LogP contribution >= 0.6 is 0 Å². The van der Waals surface area contributed by atoms with Gasteiger partial charge >= 0.3 is 0 Å². The van der Waals surface area contributed by atoms with Gasteiger partial charge in [0.2, 0.25) is 0 Å². The molecule has 106 valence electrons. The van der Waals surface area contributed by atoms with Gasteiger partial charge in [-0.3, -0.25) is 0 Å². The van der Waals surface area contributed by atoms with E-state index in [0.29, 0.717) is 0 Å². The standard InChI is InChI=1S/C15H26N4/c1-3-9-16-14-11-15(19-12(2)18-14)17-10-8-13-6-4-5-7-13/h11,13H,3-10H2,1-2H3,(H2,16,17,18,19). The quantitative estimate of drug-likeness (QED) is 0.788. The molecule has 0 radical (unpaired) electrons. The smallest absolute Gasteiger partial charge is 0.131 e. The minimum atomic E-state index is 0.824. The van der Waals surface area contributed by atoms with Crippen LogP contribution in [0.25, 0.3) is 0 Å². The average Bonchev–Trinajstić information content (AvgIpc) is 2.89. The van der Waals surface area contributed by atoms with Crippen molar-refractivity contribution in [3.8, 4) is 0 Å². The van der Waals surface area contributed by atoms with E-state index in [1.54, 1.807) is 0 Å². The molecule has 1 saturated carbocycles. The third kappa shape index (κ3) is 4.69. The zero-order valence-electron chi connectivity index (χ0n) is 12.2. The zero-order valence-corrected chi connectivity index (χ0v) is 12.2. The summed E-state index contributed by atoms with van der Waals surface area (Å²) in [6.45, 7) is 6.08. The number of aryl methyl sites for hydroxylation is 1. The summed E-state index contributed by atoms with van der Waals surface area (Å²) in [6, 6.07) is 2.01. The molecule has 0 aliphatic heterocycles. The van der Waals surface area contributed by atoms with Gasteiger partial charge in [0.05, 0.1) is 0 Å². The van der Waals surface area contributed by atoms with Crippen molar-refractivity contribution in [3.05, 3.63) is 11.9 Å². The number of nitrogens with zero attached hydrogens (tertiary/aromatic N) is 2. The van der Waals surface area contributed by atoms with E-state index in [0.717, 1.165) is 42.9 Å². The minimum Gasteiger partial charge on any atom is -0.370 e. The van der Waals surface area contributed by atoms with Gasteiger partial charge in [0.25, 0.3) is 0 Å². The lowest BCUT2D eigenvalue weighted by Crippen LogP contribution is -2.10. The Morgan fingerprint density at radius 2 is 1.74 bits per heavy atom. The fraction of sp³-hybridized carbons (Fsp3) is 0.733. The first-order valence-corrected chi connectivity index (χ1v) is 7.61. The van der Waals surface area contributed by atoms with Gasteiger partial charge in [-0.25, -0.2) is 9.97 Å². The predicted molar refractivity (Wildman–Crippen MR) is 80.6 cm³/mol. The fourth-order valence-corrected chi connectivity index (χ4v) is 2.71. The molecule has 2 rings (SSSR count). The summed E-state index contributed by atoms with van der Waals surface area (Å²) < 4.78 is 0. The van der Waals surface area contributed by atoms with Crippen LogP contribution in [0, 0.1) is 12.8 Å². The molecule has 0 amide bonds. The molecular formula is C15H26N4. The monoisotopic (exact) mass is 262 g/mol. The SMILES string of the molecule is CCCNc1cc(NCCC2CCCC2)nc(C)n1. The minimum absolute atomic E-state index is 0.824. The largest absolute Gasteiger partial charge is 0.370 e. The van der Waals surface area contributed by atoms with Crippen molar-refractivity contribution in [2.45, 2.75) is 52.4 Å². The molecule has 1 aliphatic carbocycles. The van der Waals surface area contributed by atoms with Crippen molar-refractivity contribution in [2.24, 2.45) is 5.92 Å². The second kappa shape index (κ2) is 7.31. The zero-order chi connectivity index (χ0) is 13.5. The van der Waals surface area contributed by atoms with Gasteiger partial charge in [-0.15, -0.1) is 0 Å². The van der Waals surface area contributed by atoms with E-state index in [2.05, 4.69) is 27.5 Å². The Balaban J connectivity index is 1.82. The Hall–Kier alpha value is -1.32. The Kier molecular flexibility index (Phi) is 5.43. The van der Waals surface area contributed by atoms with Gasteiger partial charge in [0, 0.05) is 19.2 Å². The summed E-state index contributed by atoms with van der Waals surface area (Å²) in [7, 11) is 0. The number of nitrogens with one attached hydrogen (secondary N) is 2. The lowest BCUT2D eigenvalue weighted by Gasteiger charge is -2.12. The maximum absolute atomic E-state index is 4.44. The van der Waals surface area contributed by atoms with E-state index >= 15 is 0 Å². The van der Waals surface area contributed by atoms with Gasteiger partial charge in [0.15, 0.2) is 0 Å². The number of rotatable bonds is 7. The van der Waals surface area contributed by atoms with Crippen molar-refractivity contribution in [2.75, 3.05) is 23.7 Å². The molecule has 0 aromatic carbocycles. The molecule has 0 spiro atoms. The van der Waals surface area contributed by atoms with E-state index in [1.165, 1.54) is 32.1 Å². The molecular weight excluding hydrogens is 236 g/mol. The van der Waals surface area contributed by atoms with Crippen molar-refractivity contribution < 1.29 is 0 Å². The van der Waals surface area contributed by atoms with Gasteiger partial charge < -0.3 is 10.6 Å². The van der Waals surface area contributed by atoms with Crippen molar-refractivity contribution in [1.29, 1.82) is 0 Å². The van der Waals surface area contributed by atoms with E-state index < -0.39 is 0 Å². The number of hydrogen-bond acceptors (Lipinski definition) is 4. The van der Waals surface area contributed by atoms with Crippen LogP contribution in [0.2, 0.25) is 0 Å². The van der Waals surface area contributed by atoms with Gasteiger partial charge in [-0.2, -0.15) is 0 Å². The third-order valence-corrected chi connectivity index (χ3v) is 3.73. The highest BCUT2D eigenvalue weighted by Crippen LogP contribution is 2.27. The molecule has 1 fully saturated rings. The summed E-state index contributed by atoms with van der Waals surface area (Å²) in [5.74, 6) is 3.62. The van der Waals surface area contributed by atoms with E-state index in [-0.39, 0.29) is 0 Å². The maximum atomic E-state index is 4.44. The van der Waals surface area contributed by atoms with Crippen LogP contribution in [0.1, 0.15) is 51.3 Å². The second-order valence-electron chi connectivity index (χ2n) is 5.48. The molecule has 1 aliphatic rings. The van der Waals surface area contributed by atoms with Crippen LogP contribution in [0.5, 0.6) is 0 Å². The summed E-state index contributed by atoms with van der Waals surface area (Å²) in [6.07, 6.45) is 8.03. The van der Waals surface area contributed by atoms with Crippen LogP contribution in [0.4, 0.5) is 11.6 Å². The summed E-state index contributed by atoms with van der Waals surface area (Å²) in [5.41, 5.74) is 0. The Morgan fingerprint density at radius 1 is 1.11 bits per heavy atom. The molecule has 1 heterocycles. The molecule has 1 aromatic rings. The average molecular weight is 262 g/mol. The van der Waals surface area contributed by atoms with Gasteiger partial charge in [-0.05, 0) is 25.7 Å². The molecule has 4 nitrogen and oxygen atoms in total. The van der Waals surface area contributed by atoms with Crippen molar-refractivity contribution in [1.82, 2.24) is 9.97 Å². The summed E-state index contributed by atoms with van der Waals surface area (Å²) in [5, 5.41) is 6.75. The summed E-state index contributed by atoms with van der Waals surface area (Å²) >= 11 is 0. The van der Waals surface area contributed by atoms with E-state index in [1.807, 2.05) is 13.0 Å². The van der Waals surface area contributed by atoms with Crippen molar-refractivity contribution >= 4 is 11.6 Å². The fourth-order valence-electron chi connectivity index (χ4n) is 2.71. The molecule has 0 unspecified atom stereocenters. The van der Waals surface area contributed by atoms with Crippen LogP contribution in [-0.4, -0.2) is 23.1 Å². The molecule has 19 heavy (non-hydrogen) atoms. The Morgan fingerprint density at radius 3 is 2.37 bits per heavy atom. The van der Waals surface area contributed by atoms with E-state index in [9.17, 15) is 0 Å².